The van der Waals surface area contributed by atoms with Crippen LogP contribution in [0.5, 0.6) is 0 Å². The Morgan fingerprint density at radius 2 is 2.33 bits per heavy atom. The van der Waals surface area contributed by atoms with Gasteiger partial charge in [0.1, 0.15) is 5.82 Å². The van der Waals surface area contributed by atoms with Gasteiger partial charge in [-0.2, -0.15) is 5.10 Å². The predicted octanol–water partition coefficient (Wildman–Crippen LogP) is 0.483. The molecule has 1 aliphatic rings. The lowest BCUT2D eigenvalue weighted by Crippen LogP contribution is -2.14. The molecule has 4 nitrogen and oxygen atoms in total. The zero-order chi connectivity index (χ0) is 8.39. The summed E-state index contributed by atoms with van der Waals surface area (Å²) in [5.41, 5.74) is 6.43. The van der Waals surface area contributed by atoms with Gasteiger partial charge in [0.25, 0.3) is 0 Å². The number of nitrogens with zero attached hydrogens (tertiary/aromatic N) is 2. The first-order valence-electron chi connectivity index (χ1n) is 4.19. The zero-order valence-corrected chi connectivity index (χ0v) is 6.83. The van der Waals surface area contributed by atoms with Crippen LogP contribution in [-0.4, -0.2) is 16.7 Å². The largest absolute Gasteiger partial charge is 0.382 e. The van der Waals surface area contributed by atoms with Gasteiger partial charge in [0.15, 0.2) is 0 Å². The number of hydrogen-bond donors (Lipinski definition) is 2. The number of rotatable bonds is 1. The SMILES string of the molecule is Nc1ccc([C@@H]2CCCN2)nn1. The third kappa shape index (κ3) is 1.38. The molecule has 1 atom stereocenters. The van der Waals surface area contributed by atoms with E-state index in [-0.39, 0.29) is 0 Å². The maximum absolute atomic E-state index is 5.43. The lowest BCUT2D eigenvalue weighted by atomic mass is 10.1. The minimum atomic E-state index is 0.387. The Morgan fingerprint density at radius 1 is 1.42 bits per heavy atom. The highest BCUT2D eigenvalue weighted by molar-refractivity contribution is 5.26. The molecule has 1 aromatic heterocycles. The maximum Gasteiger partial charge on any atom is 0.146 e. The molecule has 0 bridgehead atoms. The van der Waals surface area contributed by atoms with Gasteiger partial charge in [-0.3, -0.25) is 0 Å². The Kier molecular flexibility index (Phi) is 1.91. The smallest absolute Gasteiger partial charge is 0.146 e. The molecule has 1 aromatic rings. The van der Waals surface area contributed by atoms with Gasteiger partial charge in [0.2, 0.25) is 0 Å². The topological polar surface area (TPSA) is 63.8 Å². The summed E-state index contributed by atoms with van der Waals surface area (Å²) in [7, 11) is 0. The summed E-state index contributed by atoms with van der Waals surface area (Å²) in [6.07, 6.45) is 2.37. The van der Waals surface area contributed by atoms with Crippen molar-refractivity contribution in [2.24, 2.45) is 0 Å². The highest BCUT2D eigenvalue weighted by Gasteiger charge is 2.17. The van der Waals surface area contributed by atoms with E-state index in [0.29, 0.717) is 11.9 Å². The van der Waals surface area contributed by atoms with Gasteiger partial charge >= 0.3 is 0 Å². The zero-order valence-electron chi connectivity index (χ0n) is 6.83. The molecule has 0 unspecified atom stereocenters. The summed E-state index contributed by atoms with van der Waals surface area (Å²) < 4.78 is 0. The Balaban J connectivity index is 2.17. The van der Waals surface area contributed by atoms with E-state index in [9.17, 15) is 0 Å². The average molecular weight is 164 g/mol. The van der Waals surface area contributed by atoms with Crippen LogP contribution in [-0.2, 0) is 0 Å². The van der Waals surface area contributed by atoms with Gasteiger partial charge in [0, 0.05) is 0 Å². The first-order chi connectivity index (χ1) is 5.86. The van der Waals surface area contributed by atoms with Crippen molar-refractivity contribution in [3.8, 4) is 0 Å². The first-order valence-corrected chi connectivity index (χ1v) is 4.19. The van der Waals surface area contributed by atoms with Crippen molar-refractivity contribution in [3.05, 3.63) is 17.8 Å². The molecule has 2 rings (SSSR count). The van der Waals surface area contributed by atoms with Crippen LogP contribution >= 0.6 is 0 Å². The van der Waals surface area contributed by atoms with Crippen molar-refractivity contribution in [1.29, 1.82) is 0 Å². The lowest BCUT2D eigenvalue weighted by molar-refractivity contribution is 0.617. The maximum atomic E-state index is 5.43. The molecular weight excluding hydrogens is 152 g/mol. The second kappa shape index (κ2) is 3.06. The van der Waals surface area contributed by atoms with Gasteiger partial charge in [-0.1, -0.05) is 0 Å². The summed E-state index contributed by atoms with van der Waals surface area (Å²) in [4.78, 5) is 0. The van der Waals surface area contributed by atoms with E-state index in [1.165, 1.54) is 6.42 Å². The van der Waals surface area contributed by atoms with E-state index in [2.05, 4.69) is 15.5 Å². The van der Waals surface area contributed by atoms with E-state index in [1.807, 2.05) is 6.07 Å². The fourth-order valence-corrected chi connectivity index (χ4v) is 1.48. The van der Waals surface area contributed by atoms with Crippen LogP contribution in [0.2, 0.25) is 0 Å². The first kappa shape index (κ1) is 7.49. The second-order valence-electron chi connectivity index (χ2n) is 3.03. The number of aromatic nitrogens is 2. The molecule has 0 spiro atoms. The molecule has 1 fully saturated rings. The number of anilines is 1. The molecular formula is C8H12N4. The van der Waals surface area contributed by atoms with Crippen LogP contribution in [0.25, 0.3) is 0 Å². The summed E-state index contributed by atoms with van der Waals surface area (Å²) >= 11 is 0. The standard InChI is InChI=1S/C8H12N4/c9-8-4-3-7(11-12-8)6-2-1-5-10-6/h3-4,6,10H,1-2,5H2,(H2,9,12)/t6-/m0/s1. The lowest BCUT2D eigenvalue weighted by Gasteiger charge is -2.07. The summed E-state index contributed by atoms with van der Waals surface area (Å²) in [6, 6.07) is 4.12. The molecule has 64 valence electrons. The average Bonchev–Trinajstić information content (AvgIpc) is 2.58. The highest BCUT2D eigenvalue weighted by atomic mass is 15.2. The van der Waals surface area contributed by atoms with E-state index in [0.717, 1.165) is 18.7 Å². The molecule has 1 aliphatic heterocycles. The molecule has 1 saturated heterocycles. The Labute approximate surface area is 71.2 Å². The molecule has 4 heteroatoms. The highest BCUT2D eigenvalue weighted by Crippen LogP contribution is 2.20. The Bertz CT molecular complexity index is 250. The van der Waals surface area contributed by atoms with Gasteiger partial charge in [-0.25, -0.2) is 0 Å². The van der Waals surface area contributed by atoms with Crippen LogP contribution in [0.15, 0.2) is 12.1 Å². The van der Waals surface area contributed by atoms with Crippen molar-refractivity contribution >= 4 is 5.82 Å². The predicted molar refractivity (Wildman–Crippen MR) is 46.4 cm³/mol. The molecule has 0 amide bonds. The quantitative estimate of drug-likeness (QED) is 0.633. The monoisotopic (exact) mass is 164 g/mol. The van der Waals surface area contributed by atoms with Crippen LogP contribution < -0.4 is 11.1 Å². The molecule has 2 heterocycles. The van der Waals surface area contributed by atoms with E-state index in [1.54, 1.807) is 6.07 Å². The number of nitrogens with one attached hydrogen (secondary N) is 1. The Hall–Kier alpha value is -1.16. The van der Waals surface area contributed by atoms with Crippen molar-refractivity contribution in [2.75, 3.05) is 12.3 Å². The van der Waals surface area contributed by atoms with Crippen molar-refractivity contribution in [2.45, 2.75) is 18.9 Å². The van der Waals surface area contributed by atoms with Crippen molar-refractivity contribution < 1.29 is 0 Å². The Morgan fingerprint density at radius 3 is 2.92 bits per heavy atom. The van der Waals surface area contributed by atoms with Gasteiger partial charge in [-0.15, -0.1) is 5.10 Å². The van der Waals surface area contributed by atoms with Crippen molar-refractivity contribution in [3.63, 3.8) is 0 Å². The van der Waals surface area contributed by atoms with E-state index in [4.69, 9.17) is 5.73 Å². The number of nitrogens with two attached hydrogens (primary N) is 1. The molecule has 0 saturated carbocycles. The van der Waals surface area contributed by atoms with Crippen molar-refractivity contribution in [1.82, 2.24) is 15.5 Å². The number of hydrogen-bond acceptors (Lipinski definition) is 4. The fraction of sp³-hybridized carbons (Fsp3) is 0.500. The normalized spacial score (nSPS) is 22.8. The minimum absolute atomic E-state index is 0.387. The van der Waals surface area contributed by atoms with Crippen LogP contribution in [0.4, 0.5) is 5.82 Å². The third-order valence-corrected chi connectivity index (χ3v) is 2.12. The molecule has 0 radical (unpaired) electrons. The van der Waals surface area contributed by atoms with Crippen LogP contribution in [0.3, 0.4) is 0 Å². The van der Waals surface area contributed by atoms with E-state index >= 15 is 0 Å². The third-order valence-electron chi connectivity index (χ3n) is 2.12. The van der Waals surface area contributed by atoms with Crippen LogP contribution in [0.1, 0.15) is 24.6 Å². The van der Waals surface area contributed by atoms with Crippen LogP contribution in [0, 0.1) is 0 Å². The fourth-order valence-electron chi connectivity index (χ4n) is 1.48. The summed E-state index contributed by atoms with van der Waals surface area (Å²) in [5, 5.41) is 11.2. The minimum Gasteiger partial charge on any atom is -0.382 e. The molecule has 0 aromatic carbocycles. The summed E-state index contributed by atoms with van der Waals surface area (Å²) in [6.45, 7) is 1.08. The van der Waals surface area contributed by atoms with Gasteiger partial charge < -0.3 is 11.1 Å². The molecule has 3 N–H and O–H groups in total. The van der Waals surface area contributed by atoms with Gasteiger partial charge in [-0.05, 0) is 31.5 Å². The van der Waals surface area contributed by atoms with E-state index < -0.39 is 0 Å². The molecule has 0 aliphatic carbocycles. The van der Waals surface area contributed by atoms with Gasteiger partial charge in [0.05, 0.1) is 11.7 Å². The summed E-state index contributed by atoms with van der Waals surface area (Å²) in [5.74, 6) is 0.483. The number of nitrogen functional groups attached to an aromatic ring is 1. The molecule has 12 heavy (non-hydrogen) atoms. The second-order valence-corrected chi connectivity index (χ2v) is 3.03.